The molecule has 1 heterocycles. The van der Waals surface area contributed by atoms with Gasteiger partial charge in [-0.2, -0.15) is 5.10 Å². The van der Waals surface area contributed by atoms with E-state index in [9.17, 15) is 9.90 Å². The largest absolute Gasteiger partial charge is 0.394 e. The topological polar surface area (TPSA) is 79.2 Å². The molecule has 124 valence electrons. The molecule has 23 heavy (non-hydrogen) atoms. The molecule has 0 radical (unpaired) electrons. The molecule has 0 saturated carbocycles. The maximum atomic E-state index is 12.0. The first kappa shape index (κ1) is 17.0. The lowest BCUT2D eigenvalue weighted by Gasteiger charge is -2.10. The summed E-state index contributed by atoms with van der Waals surface area (Å²) in [6, 6.07) is 9.49. The molecule has 0 bridgehead atoms. The first-order valence-corrected chi connectivity index (χ1v) is 7.80. The van der Waals surface area contributed by atoms with Crippen molar-refractivity contribution in [3.8, 4) is 11.3 Å². The number of nitrogens with one attached hydrogen (secondary N) is 2. The van der Waals surface area contributed by atoms with Gasteiger partial charge in [0.15, 0.2) is 0 Å². The zero-order chi connectivity index (χ0) is 16.8. The first-order valence-electron chi connectivity index (χ1n) is 7.80. The van der Waals surface area contributed by atoms with Gasteiger partial charge in [0.25, 0.3) is 0 Å². The number of hydrogen-bond donors (Lipinski definition) is 3. The van der Waals surface area contributed by atoms with E-state index >= 15 is 0 Å². The predicted molar refractivity (Wildman–Crippen MR) is 91.3 cm³/mol. The molecule has 6 heteroatoms. The molecule has 0 spiro atoms. The molecular weight excluding hydrogens is 292 g/mol. The molecule has 0 aliphatic rings. The molecule has 2 rings (SSSR count). The monoisotopic (exact) mass is 316 g/mol. The number of urea groups is 1. The Morgan fingerprint density at radius 3 is 2.74 bits per heavy atom. The summed E-state index contributed by atoms with van der Waals surface area (Å²) < 4.78 is 1.61. The second-order valence-corrected chi connectivity index (χ2v) is 5.91. The van der Waals surface area contributed by atoms with Crippen LogP contribution in [0.2, 0.25) is 0 Å². The highest BCUT2D eigenvalue weighted by Gasteiger charge is 2.13. The van der Waals surface area contributed by atoms with Crippen molar-refractivity contribution < 1.29 is 9.90 Å². The average molecular weight is 316 g/mol. The molecule has 3 N–H and O–H groups in total. The number of aliphatic hydroxyl groups excluding tert-OH is 1. The lowest BCUT2D eigenvalue weighted by Crippen LogP contribution is -2.32. The zero-order valence-corrected chi connectivity index (χ0v) is 13.8. The molecule has 2 amide bonds. The number of aliphatic hydroxyl groups is 1. The molecule has 0 aliphatic carbocycles. The van der Waals surface area contributed by atoms with E-state index < -0.39 is 0 Å². The highest BCUT2D eigenvalue weighted by molar-refractivity contribution is 5.89. The molecule has 0 saturated heterocycles. The van der Waals surface area contributed by atoms with E-state index in [1.807, 2.05) is 51.1 Å². The van der Waals surface area contributed by atoms with Gasteiger partial charge in [0.1, 0.15) is 5.82 Å². The summed E-state index contributed by atoms with van der Waals surface area (Å²) in [7, 11) is 0. The Hall–Kier alpha value is -2.34. The van der Waals surface area contributed by atoms with Crippen molar-refractivity contribution in [3.05, 3.63) is 35.9 Å². The number of benzene rings is 1. The molecule has 1 aromatic heterocycles. The third-order valence-electron chi connectivity index (χ3n) is 3.43. The molecular formula is C17H24N4O2. The van der Waals surface area contributed by atoms with Crippen LogP contribution in [0.5, 0.6) is 0 Å². The normalized spacial score (nSPS) is 10.8. The lowest BCUT2D eigenvalue weighted by atomic mass is 10.1. The Bertz CT molecular complexity index is 664. The Kier molecular flexibility index (Phi) is 5.76. The predicted octanol–water partition coefficient (Wildman–Crippen LogP) is 2.63. The van der Waals surface area contributed by atoms with Crippen LogP contribution < -0.4 is 10.6 Å². The number of rotatable bonds is 6. The summed E-state index contributed by atoms with van der Waals surface area (Å²) in [5.41, 5.74) is 2.89. The number of anilines is 1. The highest BCUT2D eigenvalue weighted by atomic mass is 16.3. The van der Waals surface area contributed by atoms with Crippen LogP contribution in [0.15, 0.2) is 30.3 Å². The second-order valence-electron chi connectivity index (χ2n) is 5.91. The van der Waals surface area contributed by atoms with E-state index in [1.165, 1.54) is 0 Å². The minimum Gasteiger partial charge on any atom is -0.394 e. The summed E-state index contributed by atoms with van der Waals surface area (Å²) in [6.45, 7) is 6.97. The number of nitrogens with zero attached hydrogens (tertiary/aromatic N) is 2. The van der Waals surface area contributed by atoms with E-state index in [2.05, 4.69) is 15.7 Å². The van der Waals surface area contributed by atoms with Crippen LogP contribution in [-0.4, -0.2) is 34.1 Å². The van der Waals surface area contributed by atoms with Gasteiger partial charge in [-0.25, -0.2) is 9.48 Å². The van der Waals surface area contributed by atoms with E-state index in [0.717, 1.165) is 16.8 Å². The molecule has 6 nitrogen and oxygen atoms in total. The van der Waals surface area contributed by atoms with Crippen LogP contribution in [0.3, 0.4) is 0 Å². The fraction of sp³-hybridized carbons (Fsp3) is 0.412. The maximum absolute atomic E-state index is 12.0. The SMILES string of the molecule is Cc1ccccc1-c1cc(NC(=O)NCC(C)C)n(CCO)n1. The summed E-state index contributed by atoms with van der Waals surface area (Å²) in [4.78, 5) is 12.0. The molecule has 1 aromatic carbocycles. The van der Waals surface area contributed by atoms with Crippen molar-refractivity contribution in [1.82, 2.24) is 15.1 Å². The van der Waals surface area contributed by atoms with Crippen molar-refractivity contribution in [1.29, 1.82) is 0 Å². The van der Waals surface area contributed by atoms with Gasteiger partial charge in [0.05, 0.1) is 18.8 Å². The minimum absolute atomic E-state index is 0.0445. The highest BCUT2D eigenvalue weighted by Crippen LogP contribution is 2.24. The standard InChI is InChI=1S/C17H24N4O2/c1-12(2)11-18-17(23)19-16-10-15(20-21(16)8-9-22)14-7-5-4-6-13(14)3/h4-7,10,12,22H,8-9,11H2,1-3H3,(H2,18,19,23). The van der Waals surface area contributed by atoms with Crippen molar-refractivity contribution in [2.45, 2.75) is 27.3 Å². The quantitative estimate of drug-likeness (QED) is 0.766. The van der Waals surface area contributed by atoms with Crippen LogP contribution in [0, 0.1) is 12.8 Å². The maximum Gasteiger partial charge on any atom is 0.320 e. The fourth-order valence-electron chi connectivity index (χ4n) is 2.23. The summed E-state index contributed by atoms with van der Waals surface area (Å²) in [5.74, 6) is 0.948. The minimum atomic E-state index is -0.269. The van der Waals surface area contributed by atoms with Gasteiger partial charge in [-0.15, -0.1) is 0 Å². The number of hydrogen-bond acceptors (Lipinski definition) is 3. The number of aryl methyl sites for hydroxylation is 1. The van der Waals surface area contributed by atoms with Gasteiger partial charge in [-0.05, 0) is 18.4 Å². The van der Waals surface area contributed by atoms with E-state index in [4.69, 9.17) is 0 Å². The second kappa shape index (κ2) is 7.78. The molecule has 0 unspecified atom stereocenters. The number of carbonyl (C=O) groups is 1. The summed E-state index contributed by atoms with van der Waals surface area (Å²) >= 11 is 0. The number of aromatic nitrogens is 2. The van der Waals surface area contributed by atoms with Gasteiger partial charge in [-0.3, -0.25) is 5.32 Å². The number of amides is 2. The van der Waals surface area contributed by atoms with Gasteiger partial charge >= 0.3 is 6.03 Å². The Balaban J connectivity index is 2.22. The Morgan fingerprint density at radius 2 is 2.09 bits per heavy atom. The molecule has 0 aliphatic heterocycles. The van der Waals surface area contributed by atoms with Gasteiger partial charge in [-0.1, -0.05) is 38.1 Å². The van der Waals surface area contributed by atoms with Gasteiger partial charge in [0, 0.05) is 18.2 Å². The van der Waals surface area contributed by atoms with Crippen molar-refractivity contribution in [2.24, 2.45) is 5.92 Å². The van der Waals surface area contributed by atoms with Crippen molar-refractivity contribution >= 4 is 11.8 Å². The van der Waals surface area contributed by atoms with Crippen LogP contribution in [0.4, 0.5) is 10.6 Å². The van der Waals surface area contributed by atoms with E-state index in [-0.39, 0.29) is 12.6 Å². The smallest absolute Gasteiger partial charge is 0.320 e. The Labute approximate surface area is 136 Å². The fourth-order valence-corrected chi connectivity index (χ4v) is 2.23. The van der Waals surface area contributed by atoms with Crippen molar-refractivity contribution in [3.63, 3.8) is 0 Å². The van der Waals surface area contributed by atoms with Gasteiger partial charge in [0.2, 0.25) is 0 Å². The van der Waals surface area contributed by atoms with Crippen molar-refractivity contribution in [2.75, 3.05) is 18.5 Å². The zero-order valence-electron chi connectivity index (χ0n) is 13.8. The molecule has 2 aromatic rings. The van der Waals surface area contributed by atoms with E-state index in [1.54, 1.807) is 4.68 Å². The average Bonchev–Trinajstić information content (AvgIpc) is 2.89. The molecule has 0 atom stereocenters. The summed E-state index contributed by atoms with van der Waals surface area (Å²) in [5, 5.41) is 19.3. The van der Waals surface area contributed by atoms with E-state index in [0.29, 0.717) is 24.8 Å². The van der Waals surface area contributed by atoms with Crippen LogP contribution in [0.1, 0.15) is 19.4 Å². The third kappa shape index (κ3) is 4.56. The number of carbonyl (C=O) groups excluding carboxylic acids is 1. The lowest BCUT2D eigenvalue weighted by molar-refractivity contribution is 0.250. The van der Waals surface area contributed by atoms with Crippen LogP contribution in [-0.2, 0) is 6.54 Å². The Morgan fingerprint density at radius 1 is 1.35 bits per heavy atom. The third-order valence-corrected chi connectivity index (χ3v) is 3.43. The van der Waals surface area contributed by atoms with Crippen LogP contribution >= 0.6 is 0 Å². The summed E-state index contributed by atoms with van der Waals surface area (Å²) in [6.07, 6.45) is 0. The molecule has 0 fully saturated rings. The first-order chi connectivity index (χ1) is 11.0. The van der Waals surface area contributed by atoms with Gasteiger partial charge < -0.3 is 10.4 Å². The van der Waals surface area contributed by atoms with Crippen LogP contribution in [0.25, 0.3) is 11.3 Å².